The van der Waals surface area contributed by atoms with Crippen LogP contribution >= 0.6 is 0 Å². The zero-order valence-corrected chi connectivity index (χ0v) is 10.6. The van der Waals surface area contributed by atoms with Crippen LogP contribution in [0.1, 0.15) is 22.6 Å². The Hall–Kier alpha value is -2.16. The highest BCUT2D eigenvalue weighted by atomic mass is 19.1. The highest BCUT2D eigenvalue weighted by Gasteiger charge is 2.31. The number of benzene rings is 2. The molecule has 0 bridgehead atoms. The quantitative estimate of drug-likeness (QED) is 0.875. The normalized spacial score (nSPS) is 17.2. The Morgan fingerprint density at radius 1 is 1.16 bits per heavy atom. The molecule has 3 heteroatoms. The van der Waals surface area contributed by atoms with Crippen LogP contribution in [0.2, 0.25) is 0 Å². The first-order valence-corrected chi connectivity index (χ1v) is 6.30. The van der Waals surface area contributed by atoms with Crippen molar-refractivity contribution >= 4 is 11.6 Å². The number of carbonyl (C=O) groups excluding carboxylic acids is 1. The van der Waals surface area contributed by atoms with Gasteiger partial charge < -0.3 is 5.32 Å². The molecule has 2 aromatic rings. The summed E-state index contributed by atoms with van der Waals surface area (Å²) in [5, 5.41) is 2.89. The summed E-state index contributed by atoms with van der Waals surface area (Å²) < 4.78 is 13.7. The molecule has 1 aliphatic heterocycles. The van der Waals surface area contributed by atoms with Gasteiger partial charge in [0.15, 0.2) is 0 Å². The molecule has 0 aliphatic carbocycles. The Balaban J connectivity index is 1.97. The molecule has 0 aromatic heterocycles. The molecule has 0 radical (unpaired) electrons. The molecular weight excluding hydrogens is 241 g/mol. The minimum absolute atomic E-state index is 0.0486. The van der Waals surface area contributed by atoms with Crippen LogP contribution in [-0.2, 0) is 11.2 Å². The minimum Gasteiger partial charge on any atom is -0.325 e. The van der Waals surface area contributed by atoms with Crippen molar-refractivity contribution < 1.29 is 9.18 Å². The summed E-state index contributed by atoms with van der Waals surface area (Å²) >= 11 is 0. The van der Waals surface area contributed by atoms with Gasteiger partial charge in [-0.2, -0.15) is 0 Å². The number of hydrogen-bond acceptors (Lipinski definition) is 1. The van der Waals surface area contributed by atoms with Crippen LogP contribution in [0.15, 0.2) is 42.5 Å². The van der Waals surface area contributed by atoms with Crippen molar-refractivity contribution in [3.05, 3.63) is 65.0 Å². The predicted molar refractivity (Wildman–Crippen MR) is 72.7 cm³/mol. The summed E-state index contributed by atoms with van der Waals surface area (Å²) in [5.74, 6) is -0.601. The monoisotopic (exact) mass is 255 g/mol. The molecule has 2 nitrogen and oxygen atoms in total. The lowest BCUT2D eigenvalue weighted by Gasteiger charge is -2.10. The van der Waals surface area contributed by atoms with E-state index in [-0.39, 0.29) is 17.6 Å². The van der Waals surface area contributed by atoms with E-state index in [1.807, 2.05) is 25.1 Å². The van der Waals surface area contributed by atoms with E-state index in [2.05, 4.69) is 5.32 Å². The molecule has 1 heterocycles. The maximum Gasteiger partial charge on any atom is 0.232 e. The molecule has 1 N–H and O–H groups in total. The van der Waals surface area contributed by atoms with Crippen LogP contribution < -0.4 is 5.32 Å². The van der Waals surface area contributed by atoms with Crippen molar-refractivity contribution in [2.24, 2.45) is 0 Å². The van der Waals surface area contributed by atoms with Crippen LogP contribution in [0.5, 0.6) is 0 Å². The molecule has 0 saturated carbocycles. The minimum atomic E-state index is -0.299. The average Bonchev–Trinajstić information content (AvgIpc) is 2.71. The van der Waals surface area contributed by atoms with E-state index in [1.54, 1.807) is 18.2 Å². The summed E-state index contributed by atoms with van der Waals surface area (Å²) in [5.41, 5.74) is 3.47. The molecule has 1 atom stereocenters. The Bertz CT molecular complexity index is 651. The van der Waals surface area contributed by atoms with Gasteiger partial charge in [-0.3, -0.25) is 4.79 Å². The zero-order valence-electron chi connectivity index (χ0n) is 10.6. The molecule has 2 aromatic carbocycles. The van der Waals surface area contributed by atoms with Gasteiger partial charge in [0.2, 0.25) is 5.91 Å². The number of anilines is 1. The smallest absolute Gasteiger partial charge is 0.232 e. The van der Waals surface area contributed by atoms with Gasteiger partial charge in [-0.15, -0.1) is 0 Å². The summed E-state index contributed by atoms with van der Waals surface area (Å²) in [4.78, 5) is 12.1. The predicted octanol–water partition coefficient (Wildman–Crippen LogP) is 3.41. The number of carbonyl (C=O) groups is 1. The number of halogens is 1. The molecule has 3 rings (SSSR count). The largest absolute Gasteiger partial charge is 0.325 e. The van der Waals surface area contributed by atoms with Crippen LogP contribution in [0.3, 0.4) is 0 Å². The molecule has 1 amide bonds. The number of rotatable bonds is 2. The van der Waals surface area contributed by atoms with E-state index in [1.165, 1.54) is 6.07 Å². The highest BCUT2D eigenvalue weighted by molar-refractivity contribution is 6.03. The third-order valence-corrected chi connectivity index (χ3v) is 3.63. The molecule has 19 heavy (non-hydrogen) atoms. The van der Waals surface area contributed by atoms with Gasteiger partial charge in [0.1, 0.15) is 5.82 Å². The Morgan fingerprint density at radius 3 is 2.74 bits per heavy atom. The van der Waals surface area contributed by atoms with Crippen molar-refractivity contribution in [1.29, 1.82) is 0 Å². The summed E-state index contributed by atoms with van der Waals surface area (Å²) in [7, 11) is 0. The van der Waals surface area contributed by atoms with Crippen molar-refractivity contribution in [3.63, 3.8) is 0 Å². The molecule has 0 saturated heterocycles. The van der Waals surface area contributed by atoms with E-state index in [0.717, 1.165) is 16.8 Å². The zero-order chi connectivity index (χ0) is 13.4. The second-order valence-corrected chi connectivity index (χ2v) is 4.88. The van der Waals surface area contributed by atoms with E-state index in [9.17, 15) is 9.18 Å². The highest BCUT2D eigenvalue weighted by Crippen LogP contribution is 2.36. The Labute approximate surface area is 111 Å². The fourth-order valence-electron chi connectivity index (χ4n) is 2.59. The summed E-state index contributed by atoms with van der Waals surface area (Å²) in [6.45, 7) is 1.96. The molecule has 1 unspecified atom stereocenters. The fourth-order valence-corrected chi connectivity index (χ4v) is 2.59. The second-order valence-electron chi connectivity index (χ2n) is 4.88. The lowest BCUT2D eigenvalue weighted by molar-refractivity contribution is -0.117. The number of amides is 1. The third kappa shape index (κ3) is 2.01. The van der Waals surface area contributed by atoms with Crippen molar-refractivity contribution in [2.75, 3.05) is 5.32 Å². The van der Waals surface area contributed by atoms with Gasteiger partial charge in [0.25, 0.3) is 0 Å². The first kappa shape index (κ1) is 11.9. The van der Waals surface area contributed by atoms with E-state index in [4.69, 9.17) is 0 Å². The Kier molecular flexibility index (Phi) is 2.82. The van der Waals surface area contributed by atoms with E-state index >= 15 is 0 Å². The van der Waals surface area contributed by atoms with Crippen LogP contribution in [0, 0.1) is 12.7 Å². The lowest BCUT2D eigenvalue weighted by atomic mass is 9.92. The molecule has 0 fully saturated rings. The number of hydrogen-bond donors (Lipinski definition) is 1. The van der Waals surface area contributed by atoms with Crippen molar-refractivity contribution in [1.82, 2.24) is 0 Å². The van der Waals surface area contributed by atoms with Crippen LogP contribution in [0.4, 0.5) is 10.1 Å². The van der Waals surface area contributed by atoms with E-state index in [0.29, 0.717) is 12.0 Å². The summed E-state index contributed by atoms with van der Waals surface area (Å²) in [6.07, 6.45) is 0.398. The molecular formula is C16H14FNO. The van der Waals surface area contributed by atoms with Gasteiger partial charge >= 0.3 is 0 Å². The van der Waals surface area contributed by atoms with Crippen LogP contribution in [0.25, 0.3) is 0 Å². The SMILES string of the molecule is Cc1cccc2c1NC(=O)C2Cc1ccccc1F. The third-order valence-electron chi connectivity index (χ3n) is 3.63. The number of fused-ring (bicyclic) bond motifs is 1. The van der Waals surface area contributed by atoms with Gasteiger partial charge in [-0.25, -0.2) is 4.39 Å². The average molecular weight is 255 g/mol. The first-order chi connectivity index (χ1) is 9.16. The van der Waals surface area contributed by atoms with Gasteiger partial charge in [-0.05, 0) is 36.1 Å². The van der Waals surface area contributed by atoms with E-state index < -0.39 is 0 Å². The molecule has 0 spiro atoms. The molecule has 1 aliphatic rings. The second kappa shape index (κ2) is 4.50. The fraction of sp³-hybridized carbons (Fsp3) is 0.188. The summed E-state index contributed by atoms with van der Waals surface area (Å²) in [6, 6.07) is 12.4. The maximum atomic E-state index is 13.7. The number of para-hydroxylation sites is 1. The Morgan fingerprint density at radius 2 is 1.95 bits per heavy atom. The topological polar surface area (TPSA) is 29.1 Å². The van der Waals surface area contributed by atoms with Crippen molar-refractivity contribution in [3.8, 4) is 0 Å². The van der Waals surface area contributed by atoms with Gasteiger partial charge in [0.05, 0.1) is 5.92 Å². The first-order valence-electron chi connectivity index (χ1n) is 6.30. The standard InChI is InChI=1S/C16H14FNO/c1-10-5-4-7-12-13(16(19)18-15(10)12)9-11-6-2-3-8-14(11)17/h2-8,13H,9H2,1H3,(H,18,19). The van der Waals surface area contributed by atoms with Gasteiger partial charge in [0, 0.05) is 5.69 Å². The molecule has 96 valence electrons. The maximum absolute atomic E-state index is 13.7. The van der Waals surface area contributed by atoms with Gasteiger partial charge in [-0.1, -0.05) is 36.4 Å². The van der Waals surface area contributed by atoms with Crippen molar-refractivity contribution in [2.45, 2.75) is 19.3 Å². The number of aryl methyl sites for hydroxylation is 1. The number of nitrogens with one attached hydrogen (secondary N) is 1. The van der Waals surface area contributed by atoms with Crippen LogP contribution in [-0.4, -0.2) is 5.91 Å². The lowest BCUT2D eigenvalue weighted by Crippen LogP contribution is -2.14.